The van der Waals surface area contributed by atoms with Gasteiger partial charge in [0.15, 0.2) is 21.9 Å². The van der Waals surface area contributed by atoms with Gasteiger partial charge in [0, 0.05) is 0 Å². The van der Waals surface area contributed by atoms with Gasteiger partial charge in [-0.3, -0.25) is 0 Å². The predicted octanol–water partition coefficient (Wildman–Crippen LogP) is 5.07. The minimum Gasteiger partial charge on any atom is -0.393 e. The molecule has 0 fully saturated rings. The lowest BCUT2D eigenvalue weighted by Crippen LogP contribution is -2.04. The van der Waals surface area contributed by atoms with E-state index in [-0.39, 0.29) is 0 Å². The van der Waals surface area contributed by atoms with E-state index in [1.807, 2.05) is 36.4 Å². The van der Waals surface area contributed by atoms with Crippen LogP contribution in [0, 0.1) is 6.92 Å². The number of thiazole rings is 2. The number of fused-ring (bicyclic) bond motifs is 2. The van der Waals surface area contributed by atoms with Crippen molar-refractivity contribution in [2.75, 3.05) is 16.4 Å². The lowest BCUT2D eigenvalue weighted by molar-refractivity contribution is 1.17. The summed E-state index contributed by atoms with van der Waals surface area (Å²) in [7, 11) is 0. The highest BCUT2D eigenvalue weighted by Gasteiger charge is 2.13. The van der Waals surface area contributed by atoms with Crippen molar-refractivity contribution in [3.05, 3.63) is 54.4 Å². The summed E-state index contributed by atoms with van der Waals surface area (Å²) in [5, 5.41) is 7.87. The standard InChI is InChI=1S/C19H15N7S2/c1-10-6-7-12-14(8-10)28-19(24-12)26-17-15(20)16(21-9-22-17)25-18-23-11-4-2-3-5-13(11)27-18/h2-9H,20H2,1H3,(H2,21,22,23,24,25,26). The number of hydrogen-bond acceptors (Lipinski definition) is 9. The van der Waals surface area contributed by atoms with E-state index in [9.17, 15) is 0 Å². The largest absolute Gasteiger partial charge is 0.393 e. The molecule has 0 saturated heterocycles. The van der Waals surface area contributed by atoms with Crippen LogP contribution in [-0.2, 0) is 0 Å². The summed E-state index contributed by atoms with van der Waals surface area (Å²) in [6.07, 6.45) is 1.46. The smallest absolute Gasteiger partial charge is 0.189 e. The SMILES string of the molecule is Cc1ccc2nc(Nc3ncnc(Nc4nc5ccccc5s4)c3N)sc2c1. The van der Waals surface area contributed by atoms with E-state index in [1.54, 1.807) is 22.7 Å². The van der Waals surface area contributed by atoms with Gasteiger partial charge in [0.1, 0.15) is 12.0 Å². The summed E-state index contributed by atoms with van der Waals surface area (Å²) in [6.45, 7) is 2.06. The van der Waals surface area contributed by atoms with Crippen LogP contribution in [0.4, 0.5) is 27.6 Å². The molecule has 0 aliphatic rings. The Bertz CT molecular complexity index is 1280. The van der Waals surface area contributed by atoms with Gasteiger partial charge in [-0.1, -0.05) is 40.9 Å². The molecule has 0 radical (unpaired) electrons. The highest BCUT2D eigenvalue weighted by molar-refractivity contribution is 7.22. The molecule has 0 spiro atoms. The molecule has 4 N–H and O–H groups in total. The van der Waals surface area contributed by atoms with E-state index in [0.29, 0.717) is 17.3 Å². The molecule has 138 valence electrons. The van der Waals surface area contributed by atoms with Crippen molar-refractivity contribution in [1.29, 1.82) is 0 Å². The van der Waals surface area contributed by atoms with Gasteiger partial charge in [0.2, 0.25) is 0 Å². The molecule has 0 saturated carbocycles. The first-order valence-corrected chi connectivity index (χ1v) is 10.2. The number of anilines is 5. The number of benzene rings is 2. The molecule has 2 aromatic carbocycles. The number of aromatic nitrogens is 4. The average molecular weight is 406 g/mol. The highest BCUT2D eigenvalue weighted by atomic mass is 32.1. The van der Waals surface area contributed by atoms with Gasteiger partial charge in [-0.25, -0.2) is 19.9 Å². The second-order valence-corrected chi connectivity index (χ2v) is 8.27. The van der Waals surface area contributed by atoms with E-state index >= 15 is 0 Å². The van der Waals surface area contributed by atoms with Crippen LogP contribution >= 0.6 is 22.7 Å². The van der Waals surface area contributed by atoms with Crippen LogP contribution in [0.5, 0.6) is 0 Å². The summed E-state index contributed by atoms with van der Waals surface area (Å²) in [5.74, 6) is 1.02. The lowest BCUT2D eigenvalue weighted by Gasteiger charge is -2.09. The molecule has 7 nitrogen and oxygen atoms in total. The maximum Gasteiger partial charge on any atom is 0.189 e. The Morgan fingerprint density at radius 1 is 0.821 bits per heavy atom. The lowest BCUT2D eigenvalue weighted by atomic mass is 10.2. The minimum atomic E-state index is 0.414. The van der Waals surface area contributed by atoms with Crippen molar-refractivity contribution in [3.63, 3.8) is 0 Å². The molecule has 0 bridgehead atoms. The molecule has 5 rings (SSSR count). The summed E-state index contributed by atoms with van der Waals surface area (Å²) in [4.78, 5) is 17.7. The van der Waals surface area contributed by atoms with Gasteiger partial charge in [-0.05, 0) is 36.8 Å². The van der Waals surface area contributed by atoms with Crippen LogP contribution in [0.1, 0.15) is 5.56 Å². The predicted molar refractivity (Wildman–Crippen MR) is 117 cm³/mol. The van der Waals surface area contributed by atoms with E-state index in [2.05, 4.69) is 43.6 Å². The average Bonchev–Trinajstić information content (AvgIpc) is 3.27. The second-order valence-electron chi connectivity index (χ2n) is 6.21. The van der Waals surface area contributed by atoms with E-state index in [4.69, 9.17) is 5.73 Å². The van der Waals surface area contributed by atoms with Crippen LogP contribution < -0.4 is 16.4 Å². The van der Waals surface area contributed by atoms with Crippen LogP contribution in [-0.4, -0.2) is 19.9 Å². The number of nitrogen functional groups attached to an aromatic ring is 1. The Hall–Kier alpha value is -3.30. The van der Waals surface area contributed by atoms with Crippen LogP contribution in [0.3, 0.4) is 0 Å². The summed E-state index contributed by atoms with van der Waals surface area (Å²) >= 11 is 3.10. The summed E-state index contributed by atoms with van der Waals surface area (Å²) in [5.41, 5.74) is 9.79. The molecule has 0 aliphatic heterocycles. The number of para-hydroxylation sites is 1. The van der Waals surface area contributed by atoms with Crippen molar-refractivity contribution in [1.82, 2.24) is 19.9 Å². The molecule has 3 heterocycles. The number of nitrogens with zero attached hydrogens (tertiary/aromatic N) is 4. The fourth-order valence-electron chi connectivity index (χ4n) is 2.81. The zero-order valence-electron chi connectivity index (χ0n) is 14.8. The van der Waals surface area contributed by atoms with Crippen molar-refractivity contribution in [2.45, 2.75) is 6.92 Å². The third-order valence-electron chi connectivity index (χ3n) is 4.17. The Kier molecular flexibility index (Phi) is 4.03. The van der Waals surface area contributed by atoms with E-state index in [1.165, 1.54) is 11.9 Å². The zero-order valence-corrected chi connectivity index (χ0v) is 16.4. The van der Waals surface area contributed by atoms with Gasteiger partial charge in [-0.2, -0.15) is 0 Å². The zero-order chi connectivity index (χ0) is 19.1. The molecular formula is C19H15N7S2. The highest BCUT2D eigenvalue weighted by Crippen LogP contribution is 2.34. The number of nitrogens with one attached hydrogen (secondary N) is 2. The summed E-state index contributed by atoms with van der Waals surface area (Å²) < 4.78 is 2.21. The third kappa shape index (κ3) is 3.10. The number of aryl methyl sites for hydroxylation is 1. The molecule has 5 aromatic rings. The number of hydrogen-bond donors (Lipinski definition) is 3. The molecule has 0 unspecified atom stereocenters. The molecule has 0 aliphatic carbocycles. The van der Waals surface area contributed by atoms with Gasteiger partial charge in [-0.15, -0.1) is 0 Å². The fraction of sp³-hybridized carbons (Fsp3) is 0.0526. The van der Waals surface area contributed by atoms with Crippen molar-refractivity contribution < 1.29 is 0 Å². The molecule has 28 heavy (non-hydrogen) atoms. The molecular weight excluding hydrogens is 390 g/mol. The number of nitrogens with two attached hydrogens (primary N) is 1. The van der Waals surface area contributed by atoms with Crippen molar-refractivity contribution in [2.24, 2.45) is 0 Å². The quantitative estimate of drug-likeness (QED) is 0.383. The Morgan fingerprint density at radius 3 is 2.18 bits per heavy atom. The van der Waals surface area contributed by atoms with Gasteiger partial charge >= 0.3 is 0 Å². The van der Waals surface area contributed by atoms with Gasteiger partial charge in [0.25, 0.3) is 0 Å². The fourth-order valence-corrected chi connectivity index (χ4v) is 4.64. The molecule has 0 amide bonds. The third-order valence-corrected chi connectivity index (χ3v) is 6.06. The van der Waals surface area contributed by atoms with E-state index < -0.39 is 0 Å². The maximum absolute atomic E-state index is 6.30. The molecule has 3 aromatic heterocycles. The van der Waals surface area contributed by atoms with Crippen LogP contribution in [0.15, 0.2) is 48.8 Å². The maximum atomic E-state index is 6.30. The Labute approximate surface area is 168 Å². The number of rotatable bonds is 4. The normalized spacial score (nSPS) is 11.2. The first kappa shape index (κ1) is 16.8. The first-order chi connectivity index (χ1) is 13.7. The molecule has 0 atom stereocenters. The second kappa shape index (κ2) is 6.70. The monoisotopic (exact) mass is 405 g/mol. The Balaban J connectivity index is 1.44. The van der Waals surface area contributed by atoms with E-state index in [0.717, 1.165) is 30.7 Å². The van der Waals surface area contributed by atoms with Crippen molar-refractivity contribution in [3.8, 4) is 0 Å². The topological polar surface area (TPSA) is 102 Å². The van der Waals surface area contributed by atoms with Gasteiger partial charge in [0.05, 0.1) is 20.4 Å². The summed E-state index contributed by atoms with van der Waals surface area (Å²) in [6, 6.07) is 14.1. The minimum absolute atomic E-state index is 0.414. The van der Waals surface area contributed by atoms with Crippen LogP contribution in [0.2, 0.25) is 0 Å². The van der Waals surface area contributed by atoms with Crippen molar-refractivity contribution >= 4 is 70.7 Å². The van der Waals surface area contributed by atoms with Gasteiger partial charge < -0.3 is 16.4 Å². The molecule has 9 heteroatoms. The van der Waals surface area contributed by atoms with Crippen LogP contribution in [0.25, 0.3) is 20.4 Å². The first-order valence-electron chi connectivity index (χ1n) is 8.53. The Morgan fingerprint density at radius 2 is 1.46 bits per heavy atom.